The lowest BCUT2D eigenvalue weighted by Crippen LogP contribution is -2.47. The van der Waals surface area contributed by atoms with Gasteiger partial charge in [-0.05, 0) is 57.2 Å². The highest BCUT2D eigenvalue weighted by atomic mass is 127. The first-order valence-electron chi connectivity index (χ1n) is 9.20. The zero-order valence-electron chi connectivity index (χ0n) is 15.2. The van der Waals surface area contributed by atoms with E-state index in [-0.39, 0.29) is 24.0 Å². The number of guanidine groups is 1. The molecule has 5 nitrogen and oxygen atoms in total. The standard InChI is InChI=1S/C19H29N3O2.HI/c1-3-20-19(22-17-13-16-8-9-18(17)24-16)21-11-10-14-6-5-7-15(12-14)23-4-2;/h5-7,12,16-18H,3-4,8-11,13H2,1-2H3,(H2,20,21,22);1H. The number of hydrogen-bond donors (Lipinski definition) is 2. The van der Waals surface area contributed by atoms with Gasteiger partial charge >= 0.3 is 0 Å². The normalized spacial score (nSPS) is 24.7. The SMILES string of the molecule is CCNC(=NCCc1cccc(OCC)c1)NC1CC2CCC1O2.I. The minimum absolute atomic E-state index is 0. The second-order valence-electron chi connectivity index (χ2n) is 6.45. The summed E-state index contributed by atoms with van der Waals surface area (Å²) >= 11 is 0. The molecule has 0 aromatic heterocycles. The van der Waals surface area contributed by atoms with Gasteiger partial charge in [0.2, 0.25) is 0 Å². The molecular formula is C19H30IN3O2. The van der Waals surface area contributed by atoms with Crippen LogP contribution in [-0.2, 0) is 11.2 Å². The molecular weight excluding hydrogens is 429 g/mol. The summed E-state index contributed by atoms with van der Waals surface area (Å²) in [5.41, 5.74) is 1.25. The molecule has 3 unspecified atom stereocenters. The lowest BCUT2D eigenvalue weighted by molar-refractivity contribution is 0.0992. The van der Waals surface area contributed by atoms with Crippen LogP contribution in [0.1, 0.15) is 38.7 Å². The van der Waals surface area contributed by atoms with E-state index in [2.05, 4.69) is 29.7 Å². The number of nitrogens with zero attached hydrogens (tertiary/aromatic N) is 1. The minimum atomic E-state index is 0. The molecule has 2 aliphatic rings. The maximum Gasteiger partial charge on any atom is 0.191 e. The molecule has 0 saturated carbocycles. The summed E-state index contributed by atoms with van der Waals surface area (Å²) in [7, 11) is 0. The van der Waals surface area contributed by atoms with E-state index in [9.17, 15) is 0 Å². The summed E-state index contributed by atoms with van der Waals surface area (Å²) in [6.45, 7) is 6.42. The fourth-order valence-corrected chi connectivity index (χ4v) is 3.54. The van der Waals surface area contributed by atoms with Gasteiger partial charge in [-0.2, -0.15) is 0 Å². The number of nitrogens with one attached hydrogen (secondary N) is 2. The highest BCUT2D eigenvalue weighted by Gasteiger charge is 2.41. The van der Waals surface area contributed by atoms with E-state index < -0.39 is 0 Å². The topological polar surface area (TPSA) is 54.9 Å². The summed E-state index contributed by atoms with van der Waals surface area (Å²) in [5, 5.41) is 6.90. The monoisotopic (exact) mass is 459 g/mol. The zero-order valence-corrected chi connectivity index (χ0v) is 17.5. The summed E-state index contributed by atoms with van der Waals surface area (Å²) in [6, 6.07) is 8.67. The van der Waals surface area contributed by atoms with Gasteiger partial charge in [0, 0.05) is 13.1 Å². The lowest BCUT2D eigenvalue weighted by atomic mass is 9.96. The van der Waals surface area contributed by atoms with Crippen molar-refractivity contribution in [3.63, 3.8) is 0 Å². The number of aliphatic imine (C=N–C) groups is 1. The number of fused-ring (bicyclic) bond motifs is 2. The van der Waals surface area contributed by atoms with Gasteiger partial charge in [-0.15, -0.1) is 24.0 Å². The van der Waals surface area contributed by atoms with Crippen molar-refractivity contribution >= 4 is 29.9 Å². The van der Waals surface area contributed by atoms with E-state index in [4.69, 9.17) is 14.5 Å². The van der Waals surface area contributed by atoms with Gasteiger partial charge in [-0.3, -0.25) is 4.99 Å². The molecule has 1 aromatic carbocycles. The molecule has 3 atom stereocenters. The van der Waals surface area contributed by atoms with Gasteiger partial charge in [-0.25, -0.2) is 0 Å². The molecule has 140 valence electrons. The fraction of sp³-hybridized carbons (Fsp3) is 0.632. The van der Waals surface area contributed by atoms with Crippen LogP contribution in [0.4, 0.5) is 0 Å². The molecule has 0 radical (unpaired) electrons. The van der Waals surface area contributed by atoms with Crippen LogP contribution in [0, 0.1) is 0 Å². The Labute approximate surface area is 168 Å². The van der Waals surface area contributed by atoms with E-state index >= 15 is 0 Å². The van der Waals surface area contributed by atoms with Crippen LogP contribution in [0.5, 0.6) is 5.75 Å². The third-order valence-corrected chi connectivity index (χ3v) is 4.65. The average molecular weight is 459 g/mol. The highest BCUT2D eigenvalue weighted by molar-refractivity contribution is 14.0. The van der Waals surface area contributed by atoms with Crippen molar-refractivity contribution in [2.45, 2.75) is 57.8 Å². The van der Waals surface area contributed by atoms with Crippen molar-refractivity contribution in [1.82, 2.24) is 10.6 Å². The maximum absolute atomic E-state index is 5.91. The molecule has 2 aliphatic heterocycles. The van der Waals surface area contributed by atoms with Gasteiger partial charge in [0.1, 0.15) is 5.75 Å². The van der Waals surface area contributed by atoms with E-state index in [1.165, 1.54) is 18.4 Å². The molecule has 6 heteroatoms. The van der Waals surface area contributed by atoms with Gasteiger partial charge < -0.3 is 20.1 Å². The quantitative estimate of drug-likeness (QED) is 0.374. The van der Waals surface area contributed by atoms with Gasteiger partial charge in [0.05, 0.1) is 24.9 Å². The molecule has 2 saturated heterocycles. The van der Waals surface area contributed by atoms with Crippen molar-refractivity contribution in [3.8, 4) is 5.75 Å². The van der Waals surface area contributed by atoms with E-state index in [1.54, 1.807) is 0 Å². The Hall–Kier alpha value is -1.02. The lowest BCUT2D eigenvalue weighted by Gasteiger charge is -2.22. The Morgan fingerprint density at radius 2 is 2.20 bits per heavy atom. The molecule has 2 bridgehead atoms. The molecule has 1 aromatic rings. The average Bonchev–Trinajstić information content (AvgIpc) is 3.18. The Morgan fingerprint density at radius 3 is 2.88 bits per heavy atom. The van der Waals surface area contributed by atoms with E-state index in [0.29, 0.717) is 24.9 Å². The van der Waals surface area contributed by atoms with Crippen molar-refractivity contribution in [2.24, 2.45) is 4.99 Å². The molecule has 25 heavy (non-hydrogen) atoms. The maximum atomic E-state index is 5.91. The smallest absolute Gasteiger partial charge is 0.191 e. The third kappa shape index (κ3) is 5.74. The Balaban J connectivity index is 0.00000225. The second-order valence-corrected chi connectivity index (χ2v) is 6.45. The molecule has 3 rings (SSSR count). The van der Waals surface area contributed by atoms with Crippen molar-refractivity contribution < 1.29 is 9.47 Å². The van der Waals surface area contributed by atoms with Crippen LogP contribution < -0.4 is 15.4 Å². The Morgan fingerprint density at radius 1 is 1.32 bits per heavy atom. The molecule has 0 amide bonds. The van der Waals surface area contributed by atoms with Crippen LogP contribution >= 0.6 is 24.0 Å². The summed E-state index contributed by atoms with van der Waals surface area (Å²) < 4.78 is 11.5. The second kappa shape index (κ2) is 10.2. The highest BCUT2D eigenvalue weighted by Crippen LogP contribution is 2.34. The van der Waals surface area contributed by atoms with Gasteiger partial charge in [-0.1, -0.05) is 12.1 Å². The number of benzene rings is 1. The van der Waals surface area contributed by atoms with E-state index in [1.807, 2.05) is 19.1 Å². The van der Waals surface area contributed by atoms with Crippen LogP contribution in [0.2, 0.25) is 0 Å². The molecule has 2 heterocycles. The number of halogens is 1. The summed E-state index contributed by atoms with van der Waals surface area (Å²) in [6.07, 6.45) is 5.22. The fourth-order valence-electron chi connectivity index (χ4n) is 3.54. The largest absolute Gasteiger partial charge is 0.494 e. The van der Waals surface area contributed by atoms with Gasteiger partial charge in [0.15, 0.2) is 5.96 Å². The first-order valence-corrected chi connectivity index (χ1v) is 9.20. The third-order valence-electron chi connectivity index (χ3n) is 4.65. The van der Waals surface area contributed by atoms with Crippen molar-refractivity contribution in [2.75, 3.05) is 19.7 Å². The van der Waals surface area contributed by atoms with Gasteiger partial charge in [0.25, 0.3) is 0 Å². The first-order chi connectivity index (χ1) is 11.8. The minimum Gasteiger partial charge on any atom is -0.494 e. The predicted molar refractivity (Wildman–Crippen MR) is 112 cm³/mol. The van der Waals surface area contributed by atoms with Crippen LogP contribution in [0.3, 0.4) is 0 Å². The first kappa shape index (κ1) is 20.3. The van der Waals surface area contributed by atoms with Crippen molar-refractivity contribution in [1.29, 1.82) is 0 Å². The number of hydrogen-bond acceptors (Lipinski definition) is 3. The van der Waals surface area contributed by atoms with Crippen LogP contribution in [0.15, 0.2) is 29.3 Å². The Kier molecular flexibility index (Phi) is 8.29. The molecule has 0 aliphatic carbocycles. The molecule has 2 fully saturated rings. The van der Waals surface area contributed by atoms with E-state index in [0.717, 1.165) is 37.6 Å². The number of ether oxygens (including phenoxy) is 2. The van der Waals surface area contributed by atoms with Crippen molar-refractivity contribution in [3.05, 3.63) is 29.8 Å². The zero-order chi connectivity index (χ0) is 16.8. The predicted octanol–water partition coefficient (Wildman–Crippen LogP) is 3.12. The number of rotatable bonds is 7. The van der Waals surface area contributed by atoms with Crippen LogP contribution in [0.25, 0.3) is 0 Å². The summed E-state index contributed by atoms with van der Waals surface area (Å²) in [5.74, 6) is 1.84. The summed E-state index contributed by atoms with van der Waals surface area (Å²) in [4.78, 5) is 4.73. The van der Waals surface area contributed by atoms with Crippen LogP contribution in [-0.4, -0.2) is 43.9 Å². The Bertz CT molecular complexity index is 567. The molecule has 2 N–H and O–H groups in total. The molecule has 0 spiro atoms.